The van der Waals surface area contributed by atoms with Gasteiger partial charge in [0.1, 0.15) is 24.3 Å². The molecule has 3 aromatic rings. The molecule has 0 bridgehead atoms. The van der Waals surface area contributed by atoms with Crippen molar-refractivity contribution < 1.29 is 19.0 Å². The zero-order chi connectivity index (χ0) is 24.2. The number of methoxy groups -OCH3 is 1. The Bertz CT molecular complexity index is 1270. The summed E-state index contributed by atoms with van der Waals surface area (Å²) >= 11 is 0. The van der Waals surface area contributed by atoms with E-state index >= 15 is 0 Å². The van der Waals surface area contributed by atoms with E-state index in [4.69, 9.17) is 19.2 Å². The number of amides is 1. The zero-order valence-corrected chi connectivity index (χ0v) is 20.6. The predicted molar refractivity (Wildman–Crippen MR) is 130 cm³/mol. The maximum atomic E-state index is 13.6. The first-order valence-electron chi connectivity index (χ1n) is 11.7. The summed E-state index contributed by atoms with van der Waals surface area (Å²) in [5.41, 5.74) is 3.99. The fourth-order valence-corrected chi connectivity index (χ4v) is 4.50. The molecule has 1 unspecified atom stereocenters. The monoisotopic (exact) mass is 461 g/mol. The minimum atomic E-state index is -0.328. The van der Waals surface area contributed by atoms with Crippen molar-refractivity contribution in [2.24, 2.45) is 0 Å². The van der Waals surface area contributed by atoms with E-state index in [0.717, 1.165) is 34.7 Å². The van der Waals surface area contributed by atoms with Crippen molar-refractivity contribution in [2.75, 3.05) is 20.8 Å². The van der Waals surface area contributed by atoms with Gasteiger partial charge in [-0.2, -0.15) is 0 Å². The molecule has 0 spiro atoms. The number of ether oxygens (including phenoxy) is 3. The Kier molecular flexibility index (Phi) is 5.30. The van der Waals surface area contributed by atoms with E-state index in [1.807, 2.05) is 65.1 Å². The molecule has 0 radical (unpaired) electrons. The molecule has 178 valence electrons. The number of benzene rings is 2. The van der Waals surface area contributed by atoms with E-state index in [1.165, 1.54) is 0 Å². The van der Waals surface area contributed by atoms with Crippen molar-refractivity contribution in [1.29, 1.82) is 0 Å². The molecule has 2 aliphatic heterocycles. The first kappa shape index (κ1) is 22.3. The van der Waals surface area contributed by atoms with Crippen molar-refractivity contribution in [3.63, 3.8) is 0 Å². The summed E-state index contributed by atoms with van der Waals surface area (Å²) in [6.07, 6.45) is 1.46. The fraction of sp³-hybridized carbons (Fsp3) is 0.407. The van der Waals surface area contributed by atoms with Crippen LogP contribution in [0.25, 0.3) is 17.1 Å². The first-order valence-corrected chi connectivity index (χ1v) is 11.7. The Morgan fingerprint density at radius 1 is 1.18 bits per heavy atom. The molecule has 0 N–H and O–H groups in total. The summed E-state index contributed by atoms with van der Waals surface area (Å²) < 4.78 is 19.8. The van der Waals surface area contributed by atoms with Crippen molar-refractivity contribution in [3.05, 3.63) is 53.3 Å². The van der Waals surface area contributed by atoms with Crippen LogP contribution < -0.4 is 14.2 Å². The molecule has 1 atom stereocenters. The fourth-order valence-electron chi connectivity index (χ4n) is 4.50. The molecule has 1 amide bonds. The lowest BCUT2D eigenvalue weighted by Gasteiger charge is -2.32. The van der Waals surface area contributed by atoms with Crippen LogP contribution in [0.3, 0.4) is 0 Å². The van der Waals surface area contributed by atoms with Gasteiger partial charge in [-0.05, 0) is 64.3 Å². The number of aromatic nitrogens is 2. The van der Waals surface area contributed by atoms with Crippen LogP contribution in [-0.4, -0.2) is 52.8 Å². The topological polar surface area (TPSA) is 65.8 Å². The molecule has 1 aromatic heterocycles. The number of imidazole rings is 1. The van der Waals surface area contributed by atoms with Crippen LogP contribution in [0.1, 0.15) is 49.4 Å². The number of carbonyl (C=O) groups is 1. The van der Waals surface area contributed by atoms with Crippen LogP contribution >= 0.6 is 0 Å². The average Bonchev–Trinajstić information content (AvgIpc) is 3.21. The Morgan fingerprint density at radius 3 is 2.68 bits per heavy atom. The van der Waals surface area contributed by atoms with E-state index < -0.39 is 0 Å². The number of hydrogen-bond donors (Lipinski definition) is 0. The molecule has 3 heterocycles. The average molecular weight is 462 g/mol. The van der Waals surface area contributed by atoms with Crippen LogP contribution in [0, 0.1) is 0 Å². The van der Waals surface area contributed by atoms with Gasteiger partial charge in [0, 0.05) is 18.7 Å². The third-order valence-electron chi connectivity index (χ3n) is 6.65. The van der Waals surface area contributed by atoms with Gasteiger partial charge in [-0.25, -0.2) is 4.98 Å². The molecule has 0 saturated heterocycles. The Labute approximate surface area is 200 Å². The van der Waals surface area contributed by atoms with Gasteiger partial charge in [0.05, 0.1) is 24.1 Å². The number of fused-ring (bicyclic) bond motifs is 4. The second-order valence-electron chi connectivity index (χ2n) is 9.97. The van der Waals surface area contributed by atoms with Crippen LogP contribution in [0.5, 0.6) is 17.2 Å². The number of carbonyl (C=O) groups excluding carboxylic acids is 1. The lowest BCUT2D eigenvalue weighted by Crippen LogP contribution is -2.43. The molecule has 7 heteroatoms. The van der Waals surface area contributed by atoms with Crippen LogP contribution in [0.2, 0.25) is 0 Å². The highest BCUT2D eigenvalue weighted by Gasteiger charge is 2.34. The summed E-state index contributed by atoms with van der Waals surface area (Å²) in [5.74, 6) is 2.78. The van der Waals surface area contributed by atoms with Gasteiger partial charge < -0.3 is 19.1 Å². The molecular weight excluding hydrogens is 430 g/mol. The minimum Gasteiger partial charge on any atom is -0.496 e. The number of nitrogens with zero attached hydrogens (tertiary/aromatic N) is 3. The number of rotatable bonds is 3. The highest BCUT2D eigenvalue weighted by molar-refractivity contribution is 5.95. The normalized spacial score (nSPS) is 16.5. The van der Waals surface area contributed by atoms with E-state index in [-0.39, 0.29) is 17.6 Å². The van der Waals surface area contributed by atoms with Crippen LogP contribution in [0.4, 0.5) is 0 Å². The number of aryl methyl sites for hydroxylation is 1. The van der Waals surface area contributed by atoms with Crippen molar-refractivity contribution in [1.82, 2.24) is 14.5 Å². The third kappa shape index (κ3) is 3.59. The van der Waals surface area contributed by atoms with E-state index in [2.05, 4.69) is 10.6 Å². The minimum absolute atomic E-state index is 0.0253. The first-order chi connectivity index (χ1) is 16.2. The van der Waals surface area contributed by atoms with Crippen LogP contribution in [-0.2, 0) is 12.8 Å². The highest BCUT2D eigenvalue weighted by Crippen LogP contribution is 2.42. The van der Waals surface area contributed by atoms with Gasteiger partial charge in [-0.15, -0.1) is 0 Å². The van der Waals surface area contributed by atoms with Crippen LogP contribution in [0.15, 0.2) is 36.4 Å². The SMILES string of the molecule is COc1ccccc1-c1nc(C(=O)N(C)C(C)(C)C)c2n1-c1cc3c(cc1CC2)OCC(C)O3. The van der Waals surface area contributed by atoms with Crippen molar-refractivity contribution in [3.8, 4) is 34.3 Å². The molecule has 0 fully saturated rings. The van der Waals surface area contributed by atoms with Gasteiger partial charge in [0.2, 0.25) is 0 Å². The smallest absolute Gasteiger partial charge is 0.274 e. The molecule has 2 aliphatic rings. The maximum Gasteiger partial charge on any atom is 0.274 e. The maximum absolute atomic E-state index is 13.6. The summed E-state index contributed by atoms with van der Waals surface area (Å²) in [6, 6.07) is 11.9. The summed E-state index contributed by atoms with van der Waals surface area (Å²) in [6.45, 7) is 8.59. The van der Waals surface area contributed by atoms with Gasteiger partial charge in [0.25, 0.3) is 5.91 Å². The third-order valence-corrected chi connectivity index (χ3v) is 6.65. The molecule has 2 aromatic carbocycles. The Morgan fingerprint density at radius 2 is 1.94 bits per heavy atom. The lowest BCUT2D eigenvalue weighted by molar-refractivity contribution is 0.0649. The van der Waals surface area contributed by atoms with E-state index in [9.17, 15) is 4.79 Å². The van der Waals surface area contributed by atoms with Gasteiger partial charge in [-0.1, -0.05) is 12.1 Å². The lowest BCUT2D eigenvalue weighted by atomic mass is 9.98. The standard InChI is InChI=1S/C27H31N3O4/c1-16-15-33-22-13-17-11-12-19-24(26(31)29(5)27(2,3)4)28-25(18-9-7-8-10-21(18)32-6)30(19)20(17)14-23(22)34-16/h7-10,13-14,16H,11-12,15H2,1-6H3. The Balaban J connectivity index is 1.75. The van der Waals surface area contributed by atoms with E-state index in [1.54, 1.807) is 12.0 Å². The molecule has 0 aliphatic carbocycles. The quantitative estimate of drug-likeness (QED) is 0.567. The number of para-hydroxylation sites is 1. The molecule has 0 saturated carbocycles. The molecular formula is C27H31N3O4. The summed E-state index contributed by atoms with van der Waals surface area (Å²) in [5, 5.41) is 0. The zero-order valence-electron chi connectivity index (χ0n) is 20.6. The van der Waals surface area contributed by atoms with Gasteiger partial charge in [0.15, 0.2) is 17.2 Å². The van der Waals surface area contributed by atoms with Gasteiger partial charge >= 0.3 is 0 Å². The predicted octanol–water partition coefficient (Wildman–Crippen LogP) is 4.68. The molecule has 5 rings (SSSR count). The molecule has 34 heavy (non-hydrogen) atoms. The van der Waals surface area contributed by atoms with Gasteiger partial charge in [-0.3, -0.25) is 9.36 Å². The molecule has 7 nitrogen and oxygen atoms in total. The highest BCUT2D eigenvalue weighted by atomic mass is 16.6. The number of hydrogen-bond acceptors (Lipinski definition) is 5. The Hall–Kier alpha value is -3.48. The van der Waals surface area contributed by atoms with E-state index in [0.29, 0.717) is 36.0 Å². The van der Waals surface area contributed by atoms with Crippen molar-refractivity contribution >= 4 is 5.91 Å². The summed E-state index contributed by atoms with van der Waals surface area (Å²) in [7, 11) is 3.48. The second kappa shape index (κ2) is 8.08. The van der Waals surface area contributed by atoms with Crippen molar-refractivity contribution in [2.45, 2.75) is 52.2 Å². The second-order valence-corrected chi connectivity index (χ2v) is 9.97. The largest absolute Gasteiger partial charge is 0.496 e. The summed E-state index contributed by atoms with van der Waals surface area (Å²) in [4.78, 5) is 20.3.